The van der Waals surface area contributed by atoms with Crippen LogP contribution >= 0.6 is 11.6 Å². The quantitative estimate of drug-likeness (QED) is 0.911. The number of H-pyrrole nitrogens is 1. The molecule has 20 heavy (non-hydrogen) atoms. The molecule has 0 aliphatic heterocycles. The molecule has 1 heterocycles. The molecule has 1 aromatic heterocycles. The van der Waals surface area contributed by atoms with E-state index in [4.69, 9.17) is 16.9 Å². The van der Waals surface area contributed by atoms with Gasteiger partial charge in [0.1, 0.15) is 6.07 Å². The van der Waals surface area contributed by atoms with Gasteiger partial charge < -0.3 is 10.3 Å². The molecule has 0 aliphatic rings. The van der Waals surface area contributed by atoms with Crippen LogP contribution in [0.5, 0.6) is 0 Å². The average molecular weight is 288 g/mol. The lowest BCUT2D eigenvalue weighted by atomic mass is 10.1. The number of hydrogen-bond acceptors (Lipinski definition) is 3. The summed E-state index contributed by atoms with van der Waals surface area (Å²) in [6, 6.07) is 9.03. The Morgan fingerprint density at radius 3 is 2.70 bits per heavy atom. The summed E-state index contributed by atoms with van der Waals surface area (Å²) < 4.78 is 0. The van der Waals surface area contributed by atoms with Gasteiger partial charge >= 0.3 is 0 Å². The SMILES string of the molecule is Cc1cc(C)c(CNc2ccc(C#N)c(Cl)c2)c(=O)[nH]1. The third-order valence-corrected chi connectivity index (χ3v) is 3.37. The van der Waals surface area contributed by atoms with Gasteiger partial charge in [-0.1, -0.05) is 11.6 Å². The molecule has 5 heteroatoms. The second kappa shape index (κ2) is 5.81. The minimum absolute atomic E-state index is 0.0882. The molecule has 2 rings (SSSR count). The van der Waals surface area contributed by atoms with Crippen LogP contribution in [0.3, 0.4) is 0 Å². The number of benzene rings is 1. The fourth-order valence-corrected chi connectivity index (χ4v) is 2.23. The molecule has 0 radical (unpaired) electrons. The smallest absolute Gasteiger partial charge is 0.253 e. The topological polar surface area (TPSA) is 68.7 Å². The third kappa shape index (κ3) is 3.01. The predicted molar refractivity (Wildman–Crippen MR) is 80.0 cm³/mol. The van der Waals surface area contributed by atoms with Gasteiger partial charge in [-0.2, -0.15) is 5.26 Å². The Bertz CT molecular complexity index is 744. The number of hydrogen-bond donors (Lipinski definition) is 2. The van der Waals surface area contributed by atoms with Crippen molar-refractivity contribution in [3.63, 3.8) is 0 Å². The number of nitrogens with one attached hydrogen (secondary N) is 2. The average Bonchev–Trinajstić information content (AvgIpc) is 2.37. The molecule has 0 amide bonds. The molecule has 0 atom stereocenters. The number of aryl methyl sites for hydroxylation is 2. The molecule has 2 N–H and O–H groups in total. The van der Waals surface area contributed by atoms with Gasteiger partial charge in [0.05, 0.1) is 10.6 Å². The highest BCUT2D eigenvalue weighted by Gasteiger charge is 2.06. The fourth-order valence-electron chi connectivity index (χ4n) is 2.01. The maximum atomic E-state index is 11.9. The Kier molecular flexibility index (Phi) is 4.11. The van der Waals surface area contributed by atoms with Gasteiger partial charge in [0.15, 0.2) is 0 Å². The number of anilines is 1. The highest BCUT2D eigenvalue weighted by Crippen LogP contribution is 2.20. The second-order valence-electron chi connectivity index (χ2n) is 4.60. The first-order chi connectivity index (χ1) is 9.51. The minimum atomic E-state index is -0.0882. The fraction of sp³-hybridized carbons (Fsp3) is 0.200. The maximum Gasteiger partial charge on any atom is 0.253 e. The maximum absolute atomic E-state index is 11.9. The van der Waals surface area contributed by atoms with Gasteiger partial charge in [-0.15, -0.1) is 0 Å². The van der Waals surface area contributed by atoms with Gasteiger partial charge in [-0.3, -0.25) is 4.79 Å². The van der Waals surface area contributed by atoms with E-state index >= 15 is 0 Å². The van der Waals surface area contributed by atoms with Crippen molar-refractivity contribution in [2.45, 2.75) is 20.4 Å². The molecular weight excluding hydrogens is 274 g/mol. The van der Waals surface area contributed by atoms with Crippen LogP contribution < -0.4 is 10.9 Å². The van der Waals surface area contributed by atoms with Crippen molar-refractivity contribution in [2.75, 3.05) is 5.32 Å². The van der Waals surface area contributed by atoms with E-state index in [9.17, 15) is 4.79 Å². The molecule has 1 aromatic carbocycles. The Labute approximate surface area is 122 Å². The second-order valence-corrected chi connectivity index (χ2v) is 5.01. The summed E-state index contributed by atoms with van der Waals surface area (Å²) >= 11 is 5.96. The van der Waals surface area contributed by atoms with Gasteiger partial charge in [-0.25, -0.2) is 0 Å². The number of rotatable bonds is 3. The highest BCUT2D eigenvalue weighted by molar-refractivity contribution is 6.32. The number of aromatic amines is 1. The Balaban J connectivity index is 2.20. The van der Waals surface area contributed by atoms with Gasteiger partial charge in [-0.05, 0) is 43.7 Å². The molecular formula is C15H14ClN3O. The summed E-state index contributed by atoms with van der Waals surface area (Å²) in [6.07, 6.45) is 0. The molecule has 0 spiro atoms. The lowest BCUT2D eigenvalue weighted by molar-refractivity contribution is 1.01. The van der Waals surface area contributed by atoms with Crippen LogP contribution in [0.1, 0.15) is 22.4 Å². The highest BCUT2D eigenvalue weighted by atomic mass is 35.5. The van der Waals surface area contributed by atoms with Crippen molar-refractivity contribution in [3.8, 4) is 6.07 Å². The van der Waals surface area contributed by atoms with E-state index in [-0.39, 0.29) is 5.56 Å². The number of nitriles is 1. The van der Waals surface area contributed by atoms with Gasteiger partial charge in [0.2, 0.25) is 0 Å². The van der Waals surface area contributed by atoms with Crippen LogP contribution in [-0.2, 0) is 6.54 Å². The first-order valence-electron chi connectivity index (χ1n) is 6.14. The molecule has 0 saturated carbocycles. The zero-order valence-corrected chi connectivity index (χ0v) is 12.0. The van der Waals surface area contributed by atoms with E-state index in [2.05, 4.69) is 10.3 Å². The van der Waals surface area contributed by atoms with Crippen molar-refractivity contribution in [1.82, 2.24) is 4.98 Å². The zero-order chi connectivity index (χ0) is 14.7. The summed E-state index contributed by atoms with van der Waals surface area (Å²) in [4.78, 5) is 14.7. The summed E-state index contributed by atoms with van der Waals surface area (Å²) in [5.41, 5.74) is 3.59. The van der Waals surface area contributed by atoms with Crippen molar-refractivity contribution in [3.05, 3.63) is 62.0 Å². The van der Waals surface area contributed by atoms with Gasteiger partial charge in [0, 0.05) is 23.5 Å². The van der Waals surface area contributed by atoms with E-state index in [1.54, 1.807) is 18.2 Å². The number of nitrogens with zero attached hydrogens (tertiary/aromatic N) is 1. The summed E-state index contributed by atoms with van der Waals surface area (Å²) in [7, 11) is 0. The monoisotopic (exact) mass is 287 g/mol. The minimum Gasteiger partial charge on any atom is -0.381 e. The summed E-state index contributed by atoms with van der Waals surface area (Å²) in [6.45, 7) is 4.17. The van der Waals surface area contributed by atoms with Crippen LogP contribution in [0.4, 0.5) is 5.69 Å². The molecule has 0 saturated heterocycles. The van der Waals surface area contributed by atoms with Crippen molar-refractivity contribution in [1.29, 1.82) is 5.26 Å². The standard InChI is InChI=1S/C15H14ClN3O/c1-9-5-10(2)19-15(20)13(9)8-18-12-4-3-11(7-17)14(16)6-12/h3-6,18H,8H2,1-2H3,(H,19,20). The van der Waals surface area contributed by atoms with Crippen LogP contribution in [0.15, 0.2) is 29.1 Å². The van der Waals surface area contributed by atoms with Crippen molar-refractivity contribution in [2.24, 2.45) is 0 Å². The Morgan fingerprint density at radius 1 is 1.35 bits per heavy atom. The van der Waals surface area contributed by atoms with Crippen LogP contribution in [0.2, 0.25) is 5.02 Å². The summed E-state index contributed by atoms with van der Waals surface area (Å²) in [5.74, 6) is 0. The molecule has 0 aliphatic carbocycles. The molecule has 4 nitrogen and oxygen atoms in total. The molecule has 0 fully saturated rings. The Morgan fingerprint density at radius 2 is 2.10 bits per heavy atom. The van der Waals surface area contributed by atoms with Gasteiger partial charge in [0.25, 0.3) is 5.56 Å². The number of aromatic nitrogens is 1. The van der Waals surface area contributed by atoms with E-state index in [1.165, 1.54) is 0 Å². The Hall–Kier alpha value is -2.25. The molecule has 0 bridgehead atoms. The summed E-state index contributed by atoms with van der Waals surface area (Å²) in [5, 5.41) is 12.4. The van der Waals surface area contributed by atoms with Crippen LogP contribution in [0.25, 0.3) is 0 Å². The van der Waals surface area contributed by atoms with E-state index < -0.39 is 0 Å². The largest absolute Gasteiger partial charge is 0.381 e. The number of pyridine rings is 1. The zero-order valence-electron chi connectivity index (χ0n) is 11.2. The van der Waals surface area contributed by atoms with E-state index in [0.29, 0.717) is 22.7 Å². The predicted octanol–water partition coefficient (Wildman–Crippen LogP) is 3.13. The first kappa shape index (κ1) is 14.2. The lowest BCUT2D eigenvalue weighted by Crippen LogP contribution is -2.18. The third-order valence-electron chi connectivity index (χ3n) is 3.05. The van der Waals surface area contributed by atoms with Crippen molar-refractivity contribution >= 4 is 17.3 Å². The van der Waals surface area contributed by atoms with Crippen molar-refractivity contribution < 1.29 is 0 Å². The lowest BCUT2D eigenvalue weighted by Gasteiger charge is -2.09. The van der Waals surface area contributed by atoms with E-state index in [0.717, 1.165) is 16.9 Å². The van der Waals surface area contributed by atoms with Crippen LogP contribution in [-0.4, -0.2) is 4.98 Å². The van der Waals surface area contributed by atoms with E-state index in [1.807, 2.05) is 26.0 Å². The first-order valence-corrected chi connectivity index (χ1v) is 6.52. The number of halogens is 1. The molecule has 102 valence electrons. The molecule has 2 aromatic rings. The normalized spacial score (nSPS) is 10.1. The van der Waals surface area contributed by atoms with Crippen LogP contribution in [0, 0.1) is 25.2 Å². The molecule has 0 unspecified atom stereocenters.